The van der Waals surface area contributed by atoms with E-state index < -0.39 is 5.97 Å². The molecule has 0 saturated heterocycles. The van der Waals surface area contributed by atoms with Crippen LogP contribution in [0.25, 0.3) is 0 Å². The number of hydrogen-bond acceptors (Lipinski definition) is 5. The largest absolute Gasteiger partial charge is 0.481 e. The van der Waals surface area contributed by atoms with Crippen molar-refractivity contribution < 1.29 is 14.4 Å². The Bertz CT molecular complexity index is 667. The molecule has 2 aliphatic carbocycles. The van der Waals surface area contributed by atoms with Gasteiger partial charge in [-0.3, -0.25) is 4.79 Å². The molecule has 1 aromatic heterocycles. The highest BCUT2D eigenvalue weighted by molar-refractivity contribution is 5.67. The van der Waals surface area contributed by atoms with Crippen LogP contribution in [0.1, 0.15) is 122 Å². The molecule has 0 radical (unpaired) electrons. The van der Waals surface area contributed by atoms with Crippen molar-refractivity contribution in [2.24, 2.45) is 10.8 Å². The summed E-state index contributed by atoms with van der Waals surface area (Å²) < 4.78 is 5.51. The van der Waals surface area contributed by atoms with E-state index in [9.17, 15) is 9.90 Å². The molecule has 0 unspecified atom stereocenters. The fraction of sp³-hybridized carbons (Fsp3) is 0.875. The van der Waals surface area contributed by atoms with Crippen LogP contribution in [-0.4, -0.2) is 27.3 Å². The third kappa shape index (κ3) is 6.05. The first-order chi connectivity index (χ1) is 14.3. The van der Waals surface area contributed by atoms with Gasteiger partial charge in [-0.15, -0.1) is 0 Å². The predicted molar refractivity (Wildman–Crippen MR) is 117 cm³/mol. The van der Waals surface area contributed by atoms with Crippen molar-refractivity contribution in [1.29, 1.82) is 0 Å². The second-order valence-electron chi connectivity index (χ2n) is 10.7. The van der Waals surface area contributed by atoms with Crippen LogP contribution in [-0.2, 0) is 11.3 Å². The first kappa shape index (κ1) is 23.2. The highest BCUT2D eigenvalue weighted by Gasteiger charge is 2.42. The Morgan fingerprint density at radius 1 is 1.20 bits per heavy atom. The van der Waals surface area contributed by atoms with Gasteiger partial charge in [-0.2, -0.15) is 4.98 Å². The Kier molecular flexibility index (Phi) is 7.94. The lowest BCUT2D eigenvalue weighted by Crippen LogP contribution is -2.37. The number of aromatic nitrogens is 2. The number of aliphatic carboxylic acids is 1. The van der Waals surface area contributed by atoms with Gasteiger partial charge in [0.1, 0.15) is 0 Å². The molecule has 0 spiro atoms. The topological polar surface area (TPSA) is 88.2 Å². The number of carbonyl (C=O) groups is 1. The number of hydrogen-bond donors (Lipinski definition) is 2. The molecule has 0 bridgehead atoms. The summed E-state index contributed by atoms with van der Waals surface area (Å²) in [5, 5.41) is 17.0. The van der Waals surface area contributed by atoms with Crippen LogP contribution in [0.15, 0.2) is 4.52 Å². The third-order valence-electron chi connectivity index (χ3n) is 7.77. The lowest BCUT2D eigenvalue weighted by Gasteiger charge is -2.48. The van der Waals surface area contributed by atoms with Crippen LogP contribution in [0.4, 0.5) is 0 Å². The van der Waals surface area contributed by atoms with Crippen molar-refractivity contribution in [3.63, 3.8) is 0 Å². The zero-order chi connectivity index (χ0) is 21.6. The fourth-order valence-electron chi connectivity index (χ4n) is 5.68. The lowest BCUT2D eigenvalue weighted by molar-refractivity contribution is -0.137. The van der Waals surface area contributed by atoms with Gasteiger partial charge in [0.25, 0.3) is 0 Å². The maximum Gasteiger partial charge on any atom is 0.304 e. The summed E-state index contributed by atoms with van der Waals surface area (Å²) in [7, 11) is 0. The number of carboxylic acids is 1. The normalized spacial score (nSPS) is 21.0. The molecule has 0 aromatic carbocycles. The molecule has 0 aliphatic heterocycles. The molecule has 1 atom stereocenters. The van der Waals surface area contributed by atoms with Crippen molar-refractivity contribution in [1.82, 2.24) is 15.5 Å². The van der Waals surface area contributed by atoms with Gasteiger partial charge in [-0.1, -0.05) is 64.5 Å². The molecule has 1 aromatic rings. The maximum absolute atomic E-state index is 11.5. The minimum atomic E-state index is -0.799. The van der Waals surface area contributed by atoms with Crippen molar-refractivity contribution in [3.8, 4) is 0 Å². The van der Waals surface area contributed by atoms with Crippen LogP contribution in [0, 0.1) is 10.8 Å². The average Bonchev–Trinajstić information content (AvgIpc) is 3.37. The van der Waals surface area contributed by atoms with Gasteiger partial charge in [0.15, 0.2) is 5.82 Å². The van der Waals surface area contributed by atoms with Gasteiger partial charge in [0.2, 0.25) is 5.89 Å². The quantitative estimate of drug-likeness (QED) is 0.496. The smallest absolute Gasteiger partial charge is 0.304 e. The standard InChI is InChI=1S/C24H41N3O3/c1-23(2,3)24(13-7-4-8-14-24)15-9-10-18(16-21(28)29)22-26-20(27-30-22)17-25-19-11-5-6-12-19/h18-19,25H,4-17H2,1-3H3,(H,28,29)/t18-/m1/s1. The molecule has 170 valence electrons. The summed E-state index contributed by atoms with van der Waals surface area (Å²) >= 11 is 0. The van der Waals surface area contributed by atoms with Crippen molar-refractivity contribution in [2.75, 3.05) is 0 Å². The Hall–Kier alpha value is -1.43. The molecular formula is C24H41N3O3. The summed E-state index contributed by atoms with van der Waals surface area (Å²) in [6.07, 6.45) is 14.6. The summed E-state index contributed by atoms with van der Waals surface area (Å²) in [6, 6.07) is 0.547. The van der Waals surface area contributed by atoms with E-state index in [1.807, 2.05) is 0 Å². The zero-order valence-corrected chi connectivity index (χ0v) is 19.2. The van der Waals surface area contributed by atoms with E-state index in [1.54, 1.807) is 0 Å². The Morgan fingerprint density at radius 2 is 1.90 bits per heavy atom. The molecule has 2 saturated carbocycles. The summed E-state index contributed by atoms with van der Waals surface area (Å²) in [4.78, 5) is 16.0. The zero-order valence-electron chi connectivity index (χ0n) is 19.2. The highest BCUT2D eigenvalue weighted by Crippen LogP contribution is 2.53. The second kappa shape index (κ2) is 10.3. The van der Waals surface area contributed by atoms with Gasteiger partial charge >= 0.3 is 5.97 Å². The number of carboxylic acid groups (broad SMARTS) is 1. The van der Waals surface area contributed by atoms with Gasteiger partial charge in [0.05, 0.1) is 13.0 Å². The predicted octanol–water partition coefficient (Wildman–Crippen LogP) is 5.83. The summed E-state index contributed by atoms with van der Waals surface area (Å²) in [5.74, 6) is 0.141. The van der Waals surface area contributed by atoms with Gasteiger partial charge in [0, 0.05) is 12.0 Å². The molecule has 2 N–H and O–H groups in total. The first-order valence-electron chi connectivity index (χ1n) is 12.1. The van der Waals surface area contributed by atoms with Crippen molar-refractivity contribution >= 4 is 5.97 Å². The minimum absolute atomic E-state index is 0.0558. The highest BCUT2D eigenvalue weighted by atomic mass is 16.5. The maximum atomic E-state index is 11.5. The minimum Gasteiger partial charge on any atom is -0.481 e. The summed E-state index contributed by atoms with van der Waals surface area (Å²) in [5.41, 5.74) is 0.642. The van der Waals surface area contributed by atoms with E-state index >= 15 is 0 Å². The Morgan fingerprint density at radius 3 is 2.53 bits per heavy atom. The second-order valence-corrected chi connectivity index (χ2v) is 10.7. The van der Waals surface area contributed by atoms with E-state index in [2.05, 4.69) is 36.2 Å². The number of nitrogens with one attached hydrogen (secondary N) is 1. The van der Waals surface area contributed by atoms with Crippen molar-refractivity contribution in [2.45, 2.75) is 123 Å². The van der Waals surface area contributed by atoms with E-state index in [4.69, 9.17) is 4.52 Å². The number of rotatable bonds is 10. The van der Waals surface area contributed by atoms with E-state index in [0.29, 0.717) is 29.7 Å². The van der Waals surface area contributed by atoms with Crippen LogP contribution in [0.5, 0.6) is 0 Å². The molecule has 2 aliphatic rings. The molecule has 6 nitrogen and oxygen atoms in total. The summed E-state index contributed by atoms with van der Waals surface area (Å²) in [6.45, 7) is 7.71. The van der Waals surface area contributed by atoms with Gasteiger partial charge in [-0.05, 0) is 49.4 Å². The lowest BCUT2D eigenvalue weighted by atomic mass is 9.57. The Balaban J connectivity index is 1.58. The average molecular weight is 420 g/mol. The van der Waals surface area contributed by atoms with E-state index in [-0.39, 0.29) is 17.8 Å². The van der Waals surface area contributed by atoms with Gasteiger partial charge in [-0.25, -0.2) is 0 Å². The molecule has 2 fully saturated rings. The molecule has 1 heterocycles. The van der Waals surface area contributed by atoms with E-state index in [1.165, 1.54) is 57.8 Å². The molecule has 0 amide bonds. The first-order valence-corrected chi connectivity index (χ1v) is 12.1. The molecule has 30 heavy (non-hydrogen) atoms. The van der Waals surface area contributed by atoms with Crippen LogP contribution in [0.3, 0.4) is 0 Å². The van der Waals surface area contributed by atoms with Crippen LogP contribution >= 0.6 is 0 Å². The Labute approximate surface area is 181 Å². The van der Waals surface area contributed by atoms with Crippen LogP contribution in [0.2, 0.25) is 0 Å². The van der Waals surface area contributed by atoms with Crippen LogP contribution < -0.4 is 5.32 Å². The molecular weight excluding hydrogens is 378 g/mol. The molecule has 6 heteroatoms. The van der Waals surface area contributed by atoms with Gasteiger partial charge < -0.3 is 14.9 Å². The van der Waals surface area contributed by atoms with E-state index in [0.717, 1.165) is 19.3 Å². The SMILES string of the molecule is CC(C)(C)C1(CCC[C@H](CC(=O)O)c2nc(CNC3CCCC3)no2)CCCCC1. The fourth-order valence-corrected chi connectivity index (χ4v) is 5.68. The van der Waals surface area contributed by atoms with Crippen molar-refractivity contribution in [3.05, 3.63) is 11.7 Å². The number of nitrogens with zero attached hydrogens (tertiary/aromatic N) is 2. The monoisotopic (exact) mass is 419 g/mol. The third-order valence-corrected chi connectivity index (χ3v) is 7.77. The molecule has 3 rings (SSSR count).